The highest BCUT2D eigenvalue weighted by molar-refractivity contribution is 9.10. The van der Waals surface area contributed by atoms with E-state index in [1.54, 1.807) is 0 Å². The fourth-order valence-electron chi connectivity index (χ4n) is 1.79. The molecule has 0 aromatic heterocycles. The van der Waals surface area contributed by atoms with Gasteiger partial charge in [-0.15, -0.1) is 0 Å². The van der Waals surface area contributed by atoms with Gasteiger partial charge in [-0.2, -0.15) is 0 Å². The maximum absolute atomic E-state index is 9.58. The van der Waals surface area contributed by atoms with E-state index in [9.17, 15) is 5.11 Å². The molecule has 1 N–H and O–H groups in total. The maximum atomic E-state index is 9.58. The molecule has 1 atom stereocenters. The van der Waals surface area contributed by atoms with Gasteiger partial charge in [0, 0.05) is 23.6 Å². The van der Waals surface area contributed by atoms with Crippen LogP contribution in [-0.4, -0.2) is 26.6 Å². The van der Waals surface area contributed by atoms with Crippen molar-refractivity contribution in [1.82, 2.24) is 0 Å². The molecule has 0 heterocycles. The first-order valence-electron chi connectivity index (χ1n) is 7.65. The van der Waals surface area contributed by atoms with Gasteiger partial charge in [-0.05, 0) is 48.7 Å². The lowest BCUT2D eigenvalue weighted by Gasteiger charge is -2.37. The zero-order valence-corrected chi connectivity index (χ0v) is 16.5. The zero-order chi connectivity index (χ0) is 16.1. The van der Waals surface area contributed by atoms with Crippen LogP contribution in [0.5, 0.6) is 0 Å². The molecule has 4 heteroatoms. The minimum atomic E-state index is -1.72. The Morgan fingerprint density at radius 2 is 1.76 bits per heavy atom. The van der Waals surface area contributed by atoms with Crippen LogP contribution in [0.3, 0.4) is 0 Å². The second kappa shape index (κ2) is 7.91. The third-order valence-corrected chi connectivity index (χ3v) is 9.53. The Kier molecular flexibility index (Phi) is 7.11. The highest BCUT2D eigenvalue weighted by Crippen LogP contribution is 2.36. The van der Waals surface area contributed by atoms with Gasteiger partial charge in [0.1, 0.15) is 0 Å². The summed E-state index contributed by atoms with van der Waals surface area (Å²) in [6.07, 6.45) is 1.95. The largest absolute Gasteiger partial charge is 0.416 e. The molecule has 1 aromatic rings. The summed E-state index contributed by atoms with van der Waals surface area (Å²) in [5.41, 5.74) is 1.31. The van der Waals surface area contributed by atoms with E-state index in [0.29, 0.717) is 6.61 Å². The van der Waals surface area contributed by atoms with Crippen molar-refractivity contribution in [1.29, 1.82) is 0 Å². The third kappa shape index (κ3) is 6.23. The van der Waals surface area contributed by atoms with Crippen LogP contribution in [0.1, 0.15) is 32.8 Å². The van der Waals surface area contributed by atoms with Crippen molar-refractivity contribution in [3.63, 3.8) is 0 Å². The van der Waals surface area contributed by atoms with E-state index in [4.69, 9.17) is 4.43 Å². The molecule has 0 unspecified atom stereocenters. The van der Waals surface area contributed by atoms with Gasteiger partial charge in [0.05, 0.1) is 0 Å². The van der Waals surface area contributed by atoms with Crippen molar-refractivity contribution in [3.05, 3.63) is 34.3 Å². The Morgan fingerprint density at radius 3 is 2.24 bits per heavy atom. The van der Waals surface area contributed by atoms with Crippen LogP contribution < -0.4 is 0 Å². The fourth-order valence-corrected chi connectivity index (χ4v) is 3.14. The first kappa shape index (κ1) is 18.9. The van der Waals surface area contributed by atoms with Crippen LogP contribution in [0.4, 0.5) is 0 Å². The summed E-state index contributed by atoms with van der Waals surface area (Å²) in [6.45, 7) is 12.1. The van der Waals surface area contributed by atoms with E-state index in [-0.39, 0.29) is 17.6 Å². The van der Waals surface area contributed by atoms with Crippen molar-refractivity contribution in [2.75, 3.05) is 13.2 Å². The molecule has 0 saturated heterocycles. The average molecular weight is 373 g/mol. The molecule has 0 aliphatic heterocycles. The van der Waals surface area contributed by atoms with E-state index in [0.717, 1.165) is 17.3 Å². The van der Waals surface area contributed by atoms with Gasteiger partial charge in [0.25, 0.3) is 0 Å². The van der Waals surface area contributed by atoms with Gasteiger partial charge >= 0.3 is 0 Å². The van der Waals surface area contributed by atoms with Gasteiger partial charge < -0.3 is 9.53 Å². The summed E-state index contributed by atoms with van der Waals surface area (Å²) in [6, 6.07) is 8.39. The number of hydrogen-bond acceptors (Lipinski definition) is 2. The van der Waals surface area contributed by atoms with Crippen LogP contribution in [0.25, 0.3) is 0 Å². The summed E-state index contributed by atoms with van der Waals surface area (Å²) < 4.78 is 7.33. The molecule has 0 radical (unpaired) electrons. The van der Waals surface area contributed by atoms with E-state index in [1.807, 2.05) is 0 Å². The predicted molar refractivity (Wildman–Crippen MR) is 96.2 cm³/mol. The summed E-state index contributed by atoms with van der Waals surface area (Å²) >= 11 is 3.45. The first-order chi connectivity index (χ1) is 9.65. The number of aliphatic hydroxyl groups is 1. The molecule has 120 valence electrons. The molecular formula is C17H29BrO2Si. The Bertz CT molecular complexity index is 423. The molecular weight excluding hydrogens is 344 g/mol. The minimum Gasteiger partial charge on any atom is -0.416 e. The van der Waals surface area contributed by atoms with E-state index in [2.05, 4.69) is 74.1 Å². The molecule has 0 aliphatic carbocycles. The van der Waals surface area contributed by atoms with Crippen molar-refractivity contribution in [2.45, 2.75) is 51.7 Å². The summed E-state index contributed by atoms with van der Waals surface area (Å²) in [5.74, 6) is 0.225. The third-order valence-electron chi connectivity index (χ3n) is 4.50. The number of rotatable bonds is 7. The molecule has 0 fully saturated rings. The van der Waals surface area contributed by atoms with Crippen LogP contribution in [-0.2, 0) is 10.8 Å². The average Bonchev–Trinajstić information content (AvgIpc) is 2.39. The van der Waals surface area contributed by atoms with Gasteiger partial charge in [-0.3, -0.25) is 0 Å². The number of aryl methyl sites for hydroxylation is 1. The predicted octanol–water partition coefficient (Wildman–Crippen LogP) is 5.01. The van der Waals surface area contributed by atoms with Crippen molar-refractivity contribution < 1.29 is 9.53 Å². The van der Waals surface area contributed by atoms with E-state index in [1.165, 1.54) is 5.56 Å². The van der Waals surface area contributed by atoms with Crippen LogP contribution >= 0.6 is 15.9 Å². The lowest BCUT2D eigenvalue weighted by molar-refractivity contribution is 0.147. The topological polar surface area (TPSA) is 29.5 Å². The van der Waals surface area contributed by atoms with Crippen molar-refractivity contribution in [2.24, 2.45) is 5.92 Å². The highest BCUT2D eigenvalue weighted by atomic mass is 79.9. The molecule has 0 saturated carbocycles. The lowest BCUT2D eigenvalue weighted by Crippen LogP contribution is -2.42. The van der Waals surface area contributed by atoms with Crippen molar-refractivity contribution in [3.8, 4) is 0 Å². The van der Waals surface area contributed by atoms with E-state index >= 15 is 0 Å². The highest BCUT2D eigenvalue weighted by Gasteiger charge is 2.37. The minimum absolute atomic E-state index is 0.200. The molecule has 0 aliphatic rings. The fraction of sp³-hybridized carbons (Fsp3) is 0.647. The summed E-state index contributed by atoms with van der Waals surface area (Å²) in [5, 5.41) is 9.80. The molecule has 0 bridgehead atoms. The molecule has 1 aromatic carbocycles. The molecule has 21 heavy (non-hydrogen) atoms. The van der Waals surface area contributed by atoms with Crippen molar-refractivity contribution >= 4 is 24.2 Å². The van der Waals surface area contributed by atoms with Crippen LogP contribution in [0, 0.1) is 5.92 Å². The Hall–Kier alpha value is -0.163. The standard InChI is InChI=1S/C17H29BrO2Si/c1-17(2,3)21(4,5)20-13-15(12-19)7-6-14-8-10-16(18)11-9-14/h8-11,15,19H,6-7,12-13H2,1-5H3/t15-/m0/s1. The monoisotopic (exact) mass is 372 g/mol. The molecule has 1 rings (SSSR count). The first-order valence-corrected chi connectivity index (χ1v) is 11.3. The number of halogens is 1. The smallest absolute Gasteiger partial charge is 0.191 e. The lowest BCUT2D eigenvalue weighted by atomic mass is 10.0. The summed E-state index contributed by atoms with van der Waals surface area (Å²) in [7, 11) is -1.72. The van der Waals surface area contributed by atoms with Gasteiger partial charge in [-0.25, -0.2) is 0 Å². The van der Waals surface area contributed by atoms with Crippen LogP contribution in [0.2, 0.25) is 18.1 Å². The van der Waals surface area contributed by atoms with Crippen LogP contribution in [0.15, 0.2) is 28.7 Å². The van der Waals surface area contributed by atoms with E-state index < -0.39 is 8.32 Å². The normalized spacial score (nSPS) is 14.2. The summed E-state index contributed by atoms with van der Waals surface area (Å²) in [4.78, 5) is 0. The Labute approximate surface area is 139 Å². The SMILES string of the molecule is CC(C)(C)[Si](C)(C)OC[C@H](CO)CCc1ccc(Br)cc1. The number of hydrogen-bond donors (Lipinski definition) is 1. The second-order valence-electron chi connectivity index (χ2n) is 7.29. The molecule has 2 nitrogen and oxygen atoms in total. The van der Waals surface area contributed by atoms with Gasteiger partial charge in [0.2, 0.25) is 0 Å². The van der Waals surface area contributed by atoms with Gasteiger partial charge in [0.15, 0.2) is 8.32 Å². The Morgan fingerprint density at radius 1 is 1.19 bits per heavy atom. The Balaban J connectivity index is 2.47. The zero-order valence-electron chi connectivity index (χ0n) is 13.9. The van der Waals surface area contributed by atoms with Gasteiger partial charge in [-0.1, -0.05) is 48.8 Å². The molecule has 0 amide bonds. The molecule has 0 spiro atoms. The maximum Gasteiger partial charge on any atom is 0.191 e. The number of benzene rings is 1. The second-order valence-corrected chi connectivity index (χ2v) is 13.0. The quantitative estimate of drug-likeness (QED) is 0.681. The number of aliphatic hydroxyl groups excluding tert-OH is 1.